The molecule has 0 aromatic carbocycles. The number of carbonyl (C=O) groups excluding carboxylic acids is 1. The van der Waals surface area contributed by atoms with Crippen LogP contribution in [-0.4, -0.2) is 23.4 Å². The van der Waals surface area contributed by atoms with Gasteiger partial charge in [0.25, 0.3) is 0 Å². The summed E-state index contributed by atoms with van der Waals surface area (Å²) >= 11 is 1.82. The van der Waals surface area contributed by atoms with Gasteiger partial charge in [-0.2, -0.15) is 0 Å². The SMILES string of the molecule is NC1CCCC(C(=O)N2CCc3sccc3C2)C1. The fourth-order valence-electron chi connectivity index (χ4n) is 3.15. The highest BCUT2D eigenvalue weighted by Gasteiger charge is 2.30. The zero-order valence-electron chi connectivity index (χ0n) is 10.6. The Balaban J connectivity index is 1.67. The molecule has 3 nitrogen and oxygen atoms in total. The average Bonchev–Trinajstić information content (AvgIpc) is 2.85. The van der Waals surface area contributed by atoms with Gasteiger partial charge < -0.3 is 10.6 Å². The van der Waals surface area contributed by atoms with Crippen molar-refractivity contribution in [1.29, 1.82) is 0 Å². The van der Waals surface area contributed by atoms with Crippen molar-refractivity contribution in [3.8, 4) is 0 Å². The van der Waals surface area contributed by atoms with E-state index >= 15 is 0 Å². The second-order valence-corrected chi connectivity index (χ2v) is 6.50. The van der Waals surface area contributed by atoms with Gasteiger partial charge in [0.1, 0.15) is 0 Å². The van der Waals surface area contributed by atoms with Crippen molar-refractivity contribution in [3.63, 3.8) is 0 Å². The minimum atomic E-state index is 0.175. The summed E-state index contributed by atoms with van der Waals surface area (Å²) in [6, 6.07) is 2.39. The molecule has 2 unspecified atom stereocenters. The number of thiophene rings is 1. The van der Waals surface area contributed by atoms with E-state index in [1.165, 1.54) is 10.4 Å². The second kappa shape index (κ2) is 5.02. The van der Waals surface area contributed by atoms with Crippen LogP contribution in [0.1, 0.15) is 36.1 Å². The van der Waals surface area contributed by atoms with Crippen molar-refractivity contribution in [2.75, 3.05) is 6.54 Å². The van der Waals surface area contributed by atoms with E-state index in [-0.39, 0.29) is 12.0 Å². The lowest BCUT2D eigenvalue weighted by Gasteiger charge is -2.33. The Kier molecular flexibility index (Phi) is 3.39. The molecule has 4 heteroatoms. The summed E-state index contributed by atoms with van der Waals surface area (Å²) in [5.74, 6) is 0.510. The van der Waals surface area contributed by atoms with E-state index in [1.807, 2.05) is 16.2 Å². The Morgan fingerprint density at radius 2 is 2.33 bits per heavy atom. The van der Waals surface area contributed by atoms with E-state index in [4.69, 9.17) is 5.73 Å². The van der Waals surface area contributed by atoms with E-state index in [1.54, 1.807) is 0 Å². The summed E-state index contributed by atoms with van der Waals surface area (Å²) in [6.07, 6.45) is 5.12. The zero-order valence-corrected chi connectivity index (χ0v) is 11.4. The highest BCUT2D eigenvalue weighted by atomic mass is 32.1. The summed E-state index contributed by atoms with van der Waals surface area (Å²) < 4.78 is 0. The predicted octanol–water partition coefficient (Wildman–Crippen LogP) is 2.15. The number of hydrogen-bond donors (Lipinski definition) is 1. The summed E-state index contributed by atoms with van der Waals surface area (Å²) in [5.41, 5.74) is 7.33. The van der Waals surface area contributed by atoms with Crippen molar-refractivity contribution < 1.29 is 4.79 Å². The summed E-state index contributed by atoms with van der Waals surface area (Å²) in [5, 5.41) is 2.13. The molecule has 1 aliphatic heterocycles. The van der Waals surface area contributed by atoms with Crippen LogP contribution in [0, 0.1) is 5.92 Å². The van der Waals surface area contributed by atoms with Gasteiger partial charge in [-0.3, -0.25) is 4.79 Å². The van der Waals surface area contributed by atoms with Crippen molar-refractivity contribution in [2.24, 2.45) is 11.7 Å². The van der Waals surface area contributed by atoms with Gasteiger partial charge in [-0.15, -0.1) is 11.3 Å². The number of nitrogens with zero attached hydrogens (tertiary/aromatic N) is 1. The van der Waals surface area contributed by atoms with Crippen molar-refractivity contribution in [1.82, 2.24) is 4.90 Å². The lowest BCUT2D eigenvalue weighted by molar-refractivity contribution is -0.137. The monoisotopic (exact) mass is 264 g/mol. The van der Waals surface area contributed by atoms with Crippen LogP contribution in [-0.2, 0) is 17.8 Å². The number of nitrogens with two attached hydrogens (primary N) is 1. The van der Waals surface area contributed by atoms with Crippen LogP contribution in [0.2, 0.25) is 0 Å². The minimum absolute atomic E-state index is 0.175. The molecule has 2 aliphatic rings. The number of carbonyl (C=O) groups is 1. The molecule has 0 radical (unpaired) electrons. The van der Waals surface area contributed by atoms with E-state index < -0.39 is 0 Å². The molecular weight excluding hydrogens is 244 g/mol. The molecule has 18 heavy (non-hydrogen) atoms. The Morgan fingerprint density at radius 1 is 1.44 bits per heavy atom. The third kappa shape index (κ3) is 2.31. The lowest BCUT2D eigenvalue weighted by Crippen LogP contribution is -2.42. The fraction of sp³-hybridized carbons (Fsp3) is 0.643. The van der Waals surface area contributed by atoms with Gasteiger partial charge in [0.2, 0.25) is 5.91 Å². The standard InChI is InChI=1S/C14H20N2OS/c15-12-3-1-2-10(8-12)14(17)16-6-4-13-11(9-16)5-7-18-13/h5,7,10,12H,1-4,6,8-9,15H2. The summed E-state index contributed by atoms with van der Waals surface area (Å²) in [7, 11) is 0. The van der Waals surface area contributed by atoms with Gasteiger partial charge in [0.15, 0.2) is 0 Å². The number of fused-ring (bicyclic) bond motifs is 1. The molecule has 98 valence electrons. The van der Waals surface area contributed by atoms with Gasteiger partial charge in [-0.05, 0) is 42.7 Å². The molecular formula is C14H20N2OS. The molecule has 0 saturated heterocycles. The predicted molar refractivity (Wildman–Crippen MR) is 73.4 cm³/mol. The normalized spacial score (nSPS) is 27.9. The molecule has 2 N–H and O–H groups in total. The smallest absolute Gasteiger partial charge is 0.226 e. The van der Waals surface area contributed by atoms with Crippen LogP contribution in [0.4, 0.5) is 0 Å². The van der Waals surface area contributed by atoms with Gasteiger partial charge in [0.05, 0.1) is 0 Å². The van der Waals surface area contributed by atoms with Crippen molar-refractivity contribution >= 4 is 17.2 Å². The molecule has 0 bridgehead atoms. The Bertz CT molecular complexity index is 443. The number of rotatable bonds is 1. The quantitative estimate of drug-likeness (QED) is 0.845. The Morgan fingerprint density at radius 3 is 3.17 bits per heavy atom. The number of amides is 1. The topological polar surface area (TPSA) is 46.3 Å². The highest BCUT2D eigenvalue weighted by Crippen LogP contribution is 2.29. The Hall–Kier alpha value is -0.870. The van der Waals surface area contributed by atoms with Crippen LogP contribution in [0.25, 0.3) is 0 Å². The molecule has 1 aromatic heterocycles. The summed E-state index contributed by atoms with van der Waals surface area (Å²) in [4.78, 5) is 16.0. The molecule has 2 atom stereocenters. The maximum atomic E-state index is 12.5. The van der Waals surface area contributed by atoms with Crippen LogP contribution in [0.15, 0.2) is 11.4 Å². The molecule has 1 fully saturated rings. The van der Waals surface area contributed by atoms with Gasteiger partial charge in [-0.25, -0.2) is 0 Å². The highest BCUT2D eigenvalue weighted by molar-refractivity contribution is 7.10. The molecule has 1 saturated carbocycles. The molecule has 1 aliphatic carbocycles. The maximum absolute atomic E-state index is 12.5. The first kappa shape index (κ1) is 12.2. The van der Waals surface area contributed by atoms with Crippen LogP contribution < -0.4 is 5.73 Å². The van der Waals surface area contributed by atoms with Gasteiger partial charge >= 0.3 is 0 Å². The maximum Gasteiger partial charge on any atom is 0.226 e. The molecule has 1 amide bonds. The van der Waals surface area contributed by atoms with Gasteiger partial charge in [-0.1, -0.05) is 6.42 Å². The van der Waals surface area contributed by atoms with Crippen LogP contribution in [0.3, 0.4) is 0 Å². The average molecular weight is 264 g/mol. The number of hydrogen-bond acceptors (Lipinski definition) is 3. The first-order valence-electron chi connectivity index (χ1n) is 6.83. The third-order valence-corrected chi connectivity index (χ3v) is 5.21. The van der Waals surface area contributed by atoms with Crippen molar-refractivity contribution in [3.05, 3.63) is 21.9 Å². The molecule has 3 rings (SSSR count). The van der Waals surface area contributed by atoms with Crippen molar-refractivity contribution in [2.45, 2.75) is 44.7 Å². The minimum Gasteiger partial charge on any atom is -0.338 e. The first-order valence-corrected chi connectivity index (χ1v) is 7.71. The Labute approximate surface area is 112 Å². The largest absolute Gasteiger partial charge is 0.338 e. The van der Waals surface area contributed by atoms with E-state index in [2.05, 4.69) is 11.4 Å². The van der Waals surface area contributed by atoms with E-state index in [0.717, 1.165) is 45.2 Å². The van der Waals surface area contributed by atoms with Crippen LogP contribution in [0.5, 0.6) is 0 Å². The lowest BCUT2D eigenvalue weighted by atomic mass is 9.85. The van der Waals surface area contributed by atoms with E-state index in [0.29, 0.717) is 5.91 Å². The molecule has 2 heterocycles. The second-order valence-electron chi connectivity index (χ2n) is 5.50. The van der Waals surface area contributed by atoms with E-state index in [9.17, 15) is 4.79 Å². The molecule has 1 aromatic rings. The molecule has 0 spiro atoms. The fourth-order valence-corrected chi connectivity index (χ4v) is 4.04. The zero-order chi connectivity index (χ0) is 12.5. The third-order valence-electron chi connectivity index (χ3n) is 4.18. The first-order chi connectivity index (χ1) is 8.74. The van der Waals surface area contributed by atoms with Gasteiger partial charge in [0, 0.05) is 29.9 Å². The van der Waals surface area contributed by atoms with Crippen LogP contribution >= 0.6 is 11.3 Å². The summed E-state index contributed by atoms with van der Waals surface area (Å²) in [6.45, 7) is 1.70.